The number of rotatable bonds is 28. The third-order valence-corrected chi connectivity index (χ3v) is 8.05. The molecule has 0 rings (SSSR count). The number of hydrogen-bond acceptors (Lipinski definition) is 7. The molecule has 0 aliphatic heterocycles. The molecule has 9 nitrogen and oxygen atoms in total. The van der Waals surface area contributed by atoms with Gasteiger partial charge in [-0.2, -0.15) is 8.42 Å². The van der Waals surface area contributed by atoms with Crippen molar-refractivity contribution in [1.82, 2.24) is 0 Å². The Morgan fingerprint density at radius 3 is 1.30 bits per heavy atom. The second-order valence-corrected chi connectivity index (χ2v) is 12.7. The van der Waals surface area contributed by atoms with Crippen molar-refractivity contribution in [3.8, 4) is 0 Å². The summed E-state index contributed by atoms with van der Waals surface area (Å²) in [5, 5.41) is 6.49. The molecule has 0 saturated heterocycles. The van der Waals surface area contributed by atoms with Crippen molar-refractivity contribution < 1.29 is 41.9 Å². The zero-order valence-corrected chi connectivity index (χ0v) is 27.7. The molecule has 0 aromatic rings. The van der Waals surface area contributed by atoms with Crippen LogP contribution >= 0.6 is 0 Å². The molecule has 0 aromatic carbocycles. The van der Waals surface area contributed by atoms with E-state index in [1.165, 1.54) is 51.4 Å². The van der Waals surface area contributed by atoms with Gasteiger partial charge < -0.3 is 14.6 Å². The van der Waals surface area contributed by atoms with Crippen LogP contribution in [0, 0.1) is 0 Å². The predicted molar refractivity (Wildman–Crippen MR) is 182 cm³/mol. The van der Waals surface area contributed by atoms with E-state index in [1.54, 1.807) is 0 Å². The number of carboxylic acids is 1. The van der Waals surface area contributed by atoms with Gasteiger partial charge in [-0.3, -0.25) is 18.9 Å². The Morgan fingerprint density at radius 2 is 0.932 bits per heavy atom. The molecule has 0 heterocycles. The van der Waals surface area contributed by atoms with Crippen LogP contribution in [-0.4, -0.2) is 135 Å². The Hall–Kier alpha value is 0.956. The first kappa shape index (κ1) is 51.8. The molecule has 0 aliphatic carbocycles. The van der Waals surface area contributed by atoms with Gasteiger partial charge in [-0.1, -0.05) is 136 Å². The van der Waals surface area contributed by atoms with Crippen molar-refractivity contribution in [3.05, 3.63) is 0 Å². The standard InChI is InChI=1S/C20H38O7S.C12H24O2.K.Na.2H/c1-3-5-7-9-11-13-15-26-19(21)17-18(28(23,24)25)20(22)27-16-14-12-10-8-6-4-2;1-2-3-4-5-6-7-8-9-10-11-12(13)14;;;;/h18H,3-17H2,1-2H3,(H,23,24,25);2-11H2,1H3,(H,13,14);;;;. The molecule has 0 aromatic heterocycles. The van der Waals surface area contributed by atoms with E-state index < -0.39 is 39.7 Å². The maximum atomic E-state index is 12.0. The van der Waals surface area contributed by atoms with Crippen molar-refractivity contribution in [2.75, 3.05) is 13.2 Å². The van der Waals surface area contributed by atoms with Crippen LogP contribution in [0.3, 0.4) is 0 Å². The number of esters is 2. The molecule has 44 heavy (non-hydrogen) atoms. The van der Waals surface area contributed by atoms with Crippen LogP contribution < -0.4 is 0 Å². The second kappa shape index (κ2) is 38.4. The molecule has 254 valence electrons. The molecule has 0 spiro atoms. The molecule has 2 N–H and O–H groups in total. The summed E-state index contributed by atoms with van der Waals surface area (Å²) in [5.41, 5.74) is 0. The van der Waals surface area contributed by atoms with Crippen LogP contribution in [0.1, 0.15) is 168 Å². The summed E-state index contributed by atoms with van der Waals surface area (Å²) in [6, 6.07) is 0. The fourth-order valence-corrected chi connectivity index (χ4v) is 4.98. The molecule has 0 amide bonds. The van der Waals surface area contributed by atoms with Gasteiger partial charge >= 0.3 is 98.8 Å². The summed E-state index contributed by atoms with van der Waals surface area (Å²) in [5.74, 6) is -2.59. The first-order valence-electron chi connectivity index (χ1n) is 16.6. The van der Waals surface area contributed by atoms with Crippen LogP contribution in [0.25, 0.3) is 0 Å². The molecular weight excluding hydrogens is 622 g/mol. The van der Waals surface area contributed by atoms with Crippen LogP contribution in [-0.2, 0) is 34.0 Å². The minimum atomic E-state index is -4.73. The summed E-state index contributed by atoms with van der Waals surface area (Å²) in [7, 11) is -4.73. The summed E-state index contributed by atoms with van der Waals surface area (Å²) < 4.78 is 42.0. The Labute approximate surface area is 334 Å². The van der Waals surface area contributed by atoms with Crippen molar-refractivity contribution in [2.24, 2.45) is 0 Å². The van der Waals surface area contributed by atoms with E-state index in [1.807, 2.05) is 0 Å². The second-order valence-electron chi connectivity index (χ2n) is 11.1. The predicted octanol–water partition coefficient (Wildman–Crippen LogP) is 7.14. The summed E-state index contributed by atoms with van der Waals surface area (Å²) >= 11 is 0. The molecular formula is C32H64KNaO9S. The van der Waals surface area contributed by atoms with Crippen molar-refractivity contribution in [2.45, 2.75) is 174 Å². The average molecular weight is 687 g/mol. The van der Waals surface area contributed by atoms with E-state index in [4.69, 9.17) is 14.6 Å². The van der Waals surface area contributed by atoms with Crippen LogP contribution in [0.5, 0.6) is 0 Å². The Kier molecular flexibility index (Phi) is 45.2. The quantitative estimate of drug-likeness (QED) is 0.0380. The molecule has 1 atom stereocenters. The summed E-state index contributed by atoms with van der Waals surface area (Å²) in [4.78, 5) is 34.0. The fraction of sp³-hybridized carbons (Fsp3) is 0.906. The molecule has 0 bridgehead atoms. The first-order valence-corrected chi connectivity index (χ1v) is 18.1. The fourth-order valence-electron chi connectivity index (χ4n) is 4.32. The number of carbonyl (C=O) groups is 3. The number of ether oxygens (including phenoxy) is 2. The normalized spacial score (nSPS) is 11.3. The number of aliphatic carboxylic acids is 1. The van der Waals surface area contributed by atoms with Crippen LogP contribution in [0.15, 0.2) is 0 Å². The van der Waals surface area contributed by atoms with Crippen LogP contribution in [0.4, 0.5) is 0 Å². The Balaban J connectivity index is -0.000000424. The molecule has 0 radical (unpaired) electrons. The van der Waals surface area contributed by atoms with Gasteiger partial charge in [0.15, 0.2) is 5.25 Å². The van der Waals surface area contributed by atoms with Gasteiger partial charge in [-0.25, -0.2) is 0 Å². The third-order valence-electron chi connectivity index (χ3n) is 6.97. The molecule has 12 heteroatoms. The molecule has 1 unspecified atom stereocenters. The number of carboxylic acid groups (broad SMARTS) is 1. The SMILES string of the molecule is CCCCCCCCCCCC(=O)O.CCCCCCCCOC(=O)CC(C(=O)OCCCCCCCC)S(=O)(=O)O.[KH].[NaH]. The van der Waals surface area contributed by atoms with Crippen molar-refractivity contribution >= 4 is 109 Å². The van der Waals surface area contributed by atoms with Gasteiger partial charge in [-0.15, -0.1) is 0 Å². The molecule has 0 aliphatic rings. The number of unbranched alkanes of at least 4 members (excludes halogenated alkanes) is 18. The third kappa shape index (κ3) is 39.1. The Morgan fingerprint density at radius 1 is 0.591 bits per heavy atom. The zero-order valence-electron chi connectivity index (χ0n) is 26.9. The van der Waals surface area contributed by atoms with Gasteiger partial charge in [0.2, 0.25) is 0 Å². The van der Waals surface area contributed by atoms with Crippen LogP contribution in [0.2, 0.25) is 0 Å². The Bertz CT molecular complexity index is 767. The van der Waals surface area contributed by atoms with Gasteiger partial charge in [0.05, 0.1) is 19.6 Å². The van der Waals surface area contributed by atoms with Gasteiger partial charge in [0, 0.05) is 6.42 Å². The zero-order chi connectivity index (χ0) is 31.9. The van der Waals surface area contributed by atoms with E-state index in [-0.39, 0.29) is 94.2 Å². The van der Waals surface area contributed by atoms with E-state index >= 15 is 0 Å². The topological polar surface area (TPSA) is 144 Å². The van der Waals surface area contributed by atoms with Gasteiger partial charge in [-0.05, 0) is 19.3 Å². The van der Waals surface area contributed by atoms with Crippen molar-refractivity contribution in [1.29, 1.82) is 0 Å². The van der Waals surface area contributed by atoms with E-state index in [9.17, 15) is 27.4 Å². The number of carbonyl (C=O) groups excluding carboxylic acids is 2. The van der Waals surface area contributed by atoms with Gasteiger partial charge in [0.25, 0.3) is 10.1 Å². The van der Waals surface area contributed by atoms with E-state index in [0.29, 0.717) is 19.3 Å². The molecule has 0 saturated carbocycles. The summed E-state index contributed by atoms with van der Waals surface area (Å²) in [6.07, 6.45) is 22.8. The molecule has 0 fully saturated rings. The average Bonchev–Trinajstić information content (AvgIpc) is 2.93. The van der Waals surface area contributed by atoms with Crippen molar-refractivity contribution in [3.63, 3.8) is 0 Å². The monoisotopic (exact) mass is 686 g/mol. The summed E-state index contributed by atoms with van der Waals surface area (Å²) in [6.45, 7) is 6.73. The maximum absolute atomic E-state index is 12.0. The minimum absolute atomic E-state index is 0. The van der Waals surface area contributed by atoms with Gasteiger partial charge in [0.1, 0.15) is 0 Å². The van der Waals surface area contributed by atoms with E-state index in [2.05, 4.69) is 20.8 Å². The number of hydrogen-bond donors (Lipinski definition) is 2. The van der Waals surface area contributed by atoms with E-state index in [0.717, 1.165) is 70.6 Å². The first-order chi connectivity index (χ1) is 20.1.